The maximum absolute atomic E-state index is 12.4. The van der Waals surface area contributed by atoms with Gasteiger partial charge in [0, 0.05) is 41.6 Å². The van der Waals surface area contributed by atoms with Crippen LogP contribution in [-0.2, 0) is 0 Å². The van der Waals surface area contributed by atoms with Crippen molar-refractivity contribution < 1.29 is 9.59 Å². The highest BCUT2D eigenvalue weighted by atomic mass is 16.2. The lowest BCUT2D eigenvalue weighted by Gasteiger charge is -2.09. The number of urea groups is 1. The van der Waals surface area contributed by atoms with Gasteiger partial charge in [-0.15, -0.1) is 6.58 Å². The van der Waals surface area contributed by atoms with Crippen molar-refractivity contribution in [3.63, 3.8) is 0 Å². The van der Waals surface area contributed by atoms with Crippen molar-refractivity contribution in [2.24, 2.45) is 0 Å². The number of rotatable bonds is 6. The van der Waals surface area contributed by atoms with E-state index in [1.807, 2.05) is 41.2 Å². The second kappa shape index (κ2) is 8.53. The van der Waals surface area contributed by atoms with Gasteiger partial charge in [-0.1, -0.05) is 6.08 Å². The summed E-state index contributed by atoms with van der Waals surface area (Å²) in [7, 11) is 0. The Balaban J connectivity index is 1.59. The zero-order valence-electron chi connectivity index (χ0n) is 14.7. The molecule has 1 heterocycles. The lowest BCUT2D eigenvalue weighted by molar-refractivity contribution is 0.102. The van der Waals surface area contributed by atoms with Gasteiger partial charge < -0.3 is 20.5 Å². The molecule has 0 aliphatic rings. The summed E-state index contributed by atoms with van der Waals surface area (Å²) >= 11 is 0. The van der Waals surface area contributed by atoms with Crippen LogP contribution in [0.5, 0.6) is 0 Å². The molecular weight excluding hydrogens is 340 g/mol. The van der Waals surface area contributed by atoms with E-state index in [-0.39, 0.29) is 11.9 Å². The molecule has 6 nitrogen and oxygen atoms in total. The summed E-state index contributed by atoms with van der Waals surface area (Å²) in [5.41, 5.74) is 2.83. The van der Waals surface area contributed by atoms with Gasteiger partial charge in [0.25, 0.3) is 5.91 Å². The van der Waals surface area contributed by atoms with Crippen LogP contribution in [-0.4, -0.2) is 23.1 Å². The van der Waals surface area contributed by atoms with E-state index in [0.717, 1.165) is 5.69 Å². The number of carbonyl (C=O) groups excluding carboxylic acids is 2. The molecule has 0 fully saturated rings. The second-order valence-corrected chi connectivity index (χ2v) is 5.79. The van der Waals surface area contributed by atoms with Gasteiger partial charge in [-0.25, -0.2) is 4.79 Å². The van der Waals surface area contributed by atoms with Crippen LogP contribution in [0, 0.1) is 0 Å². The van der Waals surface area contributed by atoms with Crippen molar-refractivity contribution in [1.82, 2.24) is 9.88 Å². The van der Waals surface area contributed by atoms with Crippen molar-refractivity contribution in [2.75, 3.05) is 17.2 Å². The van der Waals surface area contributed by atoms with E-state index in [4.69, 9.17) is 0 Å². The van der Waals surface area contributed by atoms with Gasteiger partial charge in [0.1, 0.15) is 0 Å². The van der Waals surface area contributed by atoms with Gasteiger partial charge >= 0.3 is 6.03 Å². The Morgan fingerprint density at radius 2 is 1.48 bits per heavy atom. The molecule has 0 saturated heterocycles. The monoisotopic (exact) mass is 360 g/mol. The quantitative estimate of drug-likeness (QED) is 0.581. The third-order valence-corrected chi connectivity index (χ3v) is 3.84. The summed E-state index contributed by atoms with van der Waals surface area (Å²) < 4.78 is 1.97. The van der Waals surface area contributed by atoms with E-state index >= 15 is 0 Å². The minimum atomic E-state index is -0.311. The van der Waals surface area contributed by atoms with Gasteiger partial charge in [0.05, 0.1) is 0 Å². The summed E-state index contributed by atoms with van der Waals surface area (Å²) in [6.45, 7) is 3.93. The fourth-order valence-electron chi connectivity index (χ4n) is 2.47. The number of hydrogen-bond acceptors (Lipinski definition) is 2. The van der Waals surface area contributed by atoms with Gasteiger partial charge in [-0.3, -0.25) is 4.79 Å². The number of carbonyl (C=O) groups is 2. The highest BCUT2D eigenvalue weighted by Gasteiger charge is 2.07. The molecule has 1 aromatic heterocycles. The zero-order valence-corrected chi connectivity index (χ0v) is 14.7. The molecule has 0 saturated carbocycles. The Morgan fingerprint density at radius 1 is 0.889 bits per heavy atom. The average Bonchev–Trinajstić information content (AvgIpc) is 3.23. The van der Waals surface area contributed by atoms with Crippen molar-refractivity contribution in [3.8, 4) is 5.69 Å². The molecule has 0 bridgehead atoms. The third kappa shape index (κ3) is 4.85. The normalized spacial score (nSPS) is 10.1. The molecule has 0 spiro atoms. The number of amides is 3. The van der Waals surface area contributed by atoms with Crippen molar-refractivity contribution in [2.45, 2.75) is 0 Å². The van der Waals surface area contributed by atoms with Crippen LogP contribution in [0.4, 0.5) is 16.2 Å². The summed E-state index contributed by atoms with van der Waals surface area (Å²) in [5, 5.41) is 8.16. The Hall–Kier alpha value is -3.80. The summed E-state index contributed by atoms with van der Waals surface area (Å²) in [5.74, 6) is -0.196. The predicted molar refractivity (Wildman–Crippen MR) is 107 cm³/mol. The summed E-state index contributed by atoms with van der Waals surface area (Å²) in [6.07, 6.45) is 5.49. The molecule has 0 radical (unpaired) electrons. The topological polar surface area (TPSA) is 75.2 Å². The van der Waals surface area contributed by atoms with Crippen molar-refractivity contribution in [3.05, 3.63) is 91.3 Å². The summed E-state index contributed by atoms with van der Waals surface area (Å²) in [6, 6.07) is 17.8. The maximum Gasteiger partial charge on any atom is 0.319 e. The predicted octanol–water partition coefficient (Wildman–Crippen LogP) is 4.04. The highest BCUT2D eigenvalue weighted by Crippen LogP contribution is 2.16. The first-order valence-corrected chi connectivity index (χ1v) is 8.46. The van der Waals surface area contributed by atoms with Crippen LogP contribution in [0.2, 0.25) is 0 Å². The molecule has 2 aromatic carbocycles. The first-order valence-electron chi connectivity index (χ1n) is 8.46. The molecule has 0 aliphatic heterocycles. The summed E-state index contributed by atoms with van der Waals surface area (Å²) in [4.78, 5) is 24.0. The number of hydrogen-bond donors (Lipinski definition) is 3. The molecule has 3 N–H and O–H groups in total. The number of aromatic nitrogens is 1. The van der Waals surface area contributed by atoms with E-state index in [1.165, 1.54) is 0 Å². The Labute approximate surface area is 157 Å². The lowest BCUT2D eigenvalue weighted by atomic mass is 10.2. The van der Waals surface area contributed by atoms with Crippen molar-refractivity contribution in [1.29, 1.82) is 0 Å². The first-order chi connectivity index (χ1) is 13.2. The van der Waals surface area contributed by atoms with Crippen molar-refractivity contribution >= 4 is 23.3 Å². The zero-order chi connectivity index (χ0) is 19.1. The van der Waals surface area contributed by atoms with Gasteiger partial charge in [0.15, 0.2) is 0 Å². The lowest BCUT2D eigenvalue weighted by Crippen LogP contribution is -2.28. The van der Waals surface area contributed by atoms with Crippen LogP contribution in [0.15, 0.2) is 85.7 Å². The smallest absolute Gasteiger partial charge is 0.319 e. The van der Waals surface area contributed by atoms with E-state index in [9.17, 15) is 9.59 Å². The van der Waals surface area contributed by atoms with Gasteiger partial charge in [-0.2, -0.15) is 0 Å². The molecule has 3 amide bonds. The maximum atomic E-state index is 12.4. The van der Waals surface area contributed by atoms with Crippen LogP contribution in [0.1, 0.15) is 10.4 Å². The highest BCUT2D eigenvalue weighted by molar-refractivity contribution is 6.04. The van der Waals surface area contributed by atoms with E-state index in [2.05, 4.69) is 22.5 Å². The standard InChI is InChI=1S/C21H20N4O2/c1-2-13-22-21(27)24-18-9-7-17(8-10-18)23-20(26)16-5-11-19(12-6-16)25-14-3-4-15-25/h2-12,14-15H,1,13H2,(H,23,26)(H2,22,24,27). The minimum Gasteiger partial charge on any atom is -0.334 e. The van der Waals surface area contributed by atoms with Crippen LogP contribution in [0.25, 0.3) is 5.69 Å². The fraction of sp³-hybridized carbons (Fsp3) is 0.0476. The second-order valence-electron chi connectivity index (χ2n) is 5.79. The van der Waals surface area contributed by atoms with Crippen LogP contribution >= 0.6 is 0 Å². The largest absolute Gasteiger partial charge is 0.334 e. The number of benzene rings is 2. The van der Waals surface area contributed by atoms with Gasteiger partial charge in [0.2, 0.25) is 0 Å². The Kier molecular flexibility index (Phi) is 5.69. The number of nitrogens with zero attached hydrogens (tertiary/aromatic N) is 1. The first kappa shape index (κ1) is 18.0. The SMILES string of the molecule is C=CCNC(=O)Nc1ccc(NC(=O)c2ccc(-n3cccc3)cc2)cc1. The molecule has 27 heavy (non-hydrogen) atoms. The molecule has 0 aliphatic carbocycles. The molecule has 3 rings (SSSR count). The molecule has 3 aromatic rings. The Bertz CT molecular complexity index is 914. The van der Waals surface area contributed by atoms with Crippen LogP contribution in [0.3, 0.4) is 0 Å². The van der Waals surface area contributed by atoms with E-state index in [1.54, 1.807) is 42.5 Å². The fourth-order valence-corrected chi connectivity index (χ4v) is 2.47. The molecule has 0 atom stereocenters. The van der Waals surface area contributed by atoms with E-state index in [0.29, 0.717) is 23.5 Å². The Morgan fingerprint density at radius 3 is 2.07 bits per heavy atom. The molecule has 6 heteroatoms. The molecule has 136 valence electrons. The minimum absolute atomic E-state index is 0.196. The average molecular weight is 360 g/mol. The third-order valence-electron chi connectivity index (χ3n) is 3.84. The van der Waals surface area contributed by atoms with Crippen LogP contribution < -0.4 is 16.0 Å². The molecule has 0 unspecified atom stereocenters. The number of nitrogens with one attached hydrogen (secondary N) is 3. The molecular formula is C21H20N4O2. The van der Waals surface area contributed by atoms with E-state index < -0.39 is 0 Å². The number of anilines is 2. The van der Waals surface area contributed by atoms with Gasteiger partial charge in [-0.05, 0) is 60.7 Å².